The summed E-state index contributed by atoms with van der Waals surface area (Å²) in [5, 5.41) is 10.2. The molecule has 23 heavy (non-hydrogen) atoms. The Labute approximate surface area is 149 Å². The highest BCUT2D eigenvalue weighted by Crippen LogP contribution is 2.35. The molecule has 0 radical (unpaired) electrons. The van der Waals surface area contributed by atoms with Gasteiger partial charge in [-0.3, -0.25) is 4.79 Å². The van der Waals surface area contributed by atoms with E-state index >= 15 is 0 Å². The minimum absolute atomic E-state index is 0.134. The number of halogens is 2. The fourth-order valence-electron chi connectivity index (χ4n) is 2.35. The number of carbonyl (C=O) groups is 1. The van der Waals surface area contributed by atoms with Gasteiger partial charge in [0.1, 0.15) is 6.07 Å². The van der Waals surface area contributed by atoms with Crippen molar-refractivity contribution in [1.82, 2.24) is 0 Å². The lowest BCUT2D eigenvalue weighted by atomic mass is 9.98. The molecule has 0 bridgehead atoms. The maximum absolute atomic E-state index is 12.5. The van der Waals surface area contributed by atoms with Crippen LogP contribution in [0.1, 0.15) is 19.4 Å². The van der Waals surface area contributed by atoms with Crippen LogP contribution >= 0.6 is 27.5 Å². The van der Waals surface area contributed by atoms with Gasteiger partial charge >= 0.3 is 0 Å². The molecule has 0 aliphatic rings. The van der Waals surface area contributed by atoms with Gasteiger partial charge in [0, 0.05) is 23.2 Å². The topological polar surface area (TPSA) is 44.1 Å². The minimum atomic E-state index is -0.713. The highest BCUT2D eigenvalue weighted by Gasteiger charge is 2.29. The van der Waals surface area contributed by atoms with Crippen LogP contribution in [0.4, 0.5) is 5.69 Å². The van der Waals surface area contributed by atoms with Crippen LogP contribution in [-0.2, 0) is 4.79 Å². The molecule has 2 rings (SSSR count). The van der Waals surface area contributed by atoms with Crippen molar-refractivity contribution in [2.75, 3.05) is 11.9 Å². The number of alkyl halides is 1. The Hall–Kier alpha value is -1.83. The highest BCUT2D eigenvalue weighted by atomic mass is 79.9. The molecule has 2 aromatic carbocycles. The molecule has 2 aromatic rings. The first-order valence-corrected chi connectivity index (χ1v) is 8.19. The summed E-state index contributed by atoms with van der Waals surface area (Å²) in [5.41, 5.74) is 2.46. The Morgan fingerprint density at radius 1 is 1.17 bits per heavy atom. The number of hydrogen-bond donors (Lipinski definition) is 0. The van der Waals surface area contributed by atoms with Crippen LogP contribution in [0.3, 0.4) is 0 Å². The summed E-state index contributed by atoms with van der Waals surface area (Å²) >= 11 is 9.63. The molecular weight excluding hydrogens is 376 g/mol. The van der Waals surface area contributed by atoms with Gasteiger partial charge in [-0.15, -0.1) is 0 Å². The van der Waals surface area contributed by atoms with Crippen molar-refractivity contribution in [1.29, 1.82) is 5.26 Å². The molecule has 0 N–H and O–H groups in total. The normalized spacial score (nSPS) is 11.0. The van der Waals surface area contributed by atoms with E-state index in [1.54, 1.807) is 33.0 Å². The molecule has 0 aliphatic carbocycles. The number of nitriles is 1. The van der Waals surface area contributed by atoms with Crippen molar-refractivity contribution in [3.8, 4) is 17.2 Å². The number of nitrogens with zero attached hydrogens (tertiary/aromatic N) is 2. The third kappa shape index (κ3) is 3.57. The monoisotopic (exact) mass is 390 g/mol. The first kappa shape index (κ1) is 17.5. The molecule has 5 heteroatoms. The average Bonchev–Trinajstić information content (AvgIpc) is 2.52. The van der Waals surface area contributed by atoms with Crippen molar-refractivity contribution >= 4 is 39.1 Å². The SMILES string of the molecule is CN(C(=O)C(C)(C)Br)c1cccc(-c2ccccc2Cl)c1C#N. The number of carbonyl (C=O) groups excluding carboxylic acids is 1. The second-order valence-corrected chi connectivity index (χ2v) is 8.02. The summed E-state index contributed by atoms with van der Waals surface area (Å²) in [5.74, 6) is -0.134. The van der Waals surface area contributed by atoms with Crippen molar-refractivity contribution in [3.05, 3.63) is 53.1 Å². The summed E-state index contributed by atoms with van der Waals surface area (Å²) in [4.78, 5) is 14.0. The Balaban J connectivity index is 2.61. The number of benzene rings is 2. The Morgan fingerprint density at radius 2 is 1.78 bits per heavy atom. The summed E-state index contributed by atoms with van der Waals surface area (Å²) < 4.78 is -0.713. The van der Waals surface area contributed by atoms with E-state index in [1.165, 1.54) is 4.90 Å². The van der Waals surface area contributed by atoms with E-state index in [4.69, 9.17) is 11.6 Å². The van der Waals surface area contributed by atoms with Crippen molar-refractivity contribution < 1.29 is 4.79 Å². The smallest absolute Gasteiger partial charge is 0.243 e. The van der Waals surface area contributed by atoms with E-state index in [2.05, 4.69) is 22.0 Å². The maximum atomic E-state index is 12.5. The zero-order chi connectivity index (χ0) is 17.2. The Morgan fingerprint density at radius 3 is 2.35 bits per heavy atom. The molecule has 0 saturated carbocycles. The summed E-state index contributed by atoms with van der Waals surface area (Å²) in [6.07, 6.45) is 0. The van der Waals surface area contributed by atoms with Crippen LogP contribution in [0.2, 0.25) is 5.02 Å². The zero-order valence-electron chi connectivity index (χ0n) is 13.1. The third-order valence-corrected chi connectivity index (χ3v) is 4.16. The van der Waals surface area contributed by atoms with Crippen LogP contribution in [0.5, 0.6) is 0 Å². The molecule has 0 heterocycles. The number of anilines is 1. The number of amides is 1. The van der Waals surface area contributed by atoms with E-state index in [9.17, 15) is 10.1 Å². The molecule has 0 atom stereocenters. The summed E-state index contributed by atoms with van der Waals surface area (Å²) in [6, 6.07) is 15.0. The summed E-state index contributed by atoms with van der Waals surface area (Å²) in [6.45, 7) is 3.55. The molecule has 1 amide bonds. The number of rotatable bonds is 3. The fraction of sp³-hybridized carbons (Fsp3) is 0.222. The van der Waals surface area contributed by atoms with Crippen molar-refractivity contribution in [2.24, 2.45) is 0 Å². The van der Waals surface area contributed by atoms with E-state index in [-0.39, 0.29) is 5.91 Å². The summed E-state index contributed by atoms with van der Waals surface area (Å²) in [7, 11) is 1.66. The molecule has 0 unspecified atom stereocenters. The van der Waals surface area contributed by atoms with Gasteiger partial charge in [0.25, 0.3) is 0 Å². The number of hydrogen-bond acceptors (Lipinski definition) is 2. The van der Waals surface area contributed by atoms with E-state index < -0.39 is 4.32 Å². The minimum Gasteiger partial charge on any atom is -0.313 e. The predicted octanol–water partition coefficient (Wildman–Crippen LogP) is 5.01. The van der Waals surface area contributed by atoms with Crippen LogP contribution in [0, 0.1) is 11.3 Å². The van der Waals surface area contributed by atoms with E-state index in [0.717, 1.165) is 5.56 Å². The molecule has 118 valence electrons. The zero-order valence-corrected chi connectivity index (χ0v) is 15.4. The Bertz CT molecular complexity index is 790. The largest absolute Gasteiger partial charge is 0.313 e. The lowest BCUT2D eigenvalue weighted by Gasteiger charge is -2.26. The second-order valence-electron chi connectivity index (χ2n) is 5.63. The molecule has 0 spiro atoms. The molecule has 3 nitrogen and oxygen atoms in total. The van der Waals surface area contributed by atoms with Crippen LogP contribution in [-0.4, -0.2) is 17.3 Å². The quantitative estimate of drug-likeness (QED) is 0.690. The van der Waals surface area contributed by atoms with Crippen LogP contribution in [0.15, 0.2) is 42.5 Å². The molecule has 0 saturated heterocycles. The first-order chi connectivity index (χ1) is 10.8. The fourth-order valence-corrected chi connectivity index (χ4v) is 2.85. The standard InChI is InChI=1S/C18H16BrClN2O/c1-18(2,19)17(23)22(3)16-10-6-8-12(14(16)11-21)13-7-4-5-9-15(13)20/h4-10H,1-3H3. The molecule has 0 aliphatic heterocycles. The van der Waals surface area contributed by atoms with Gasteiger partial charge in [0.05, 0.1) is 15.6 Å². The van der Waals surface area contributed by atoms with Gasteiger partial charge in [0.2, 0.25) is 5.91 Å². The third-order valence-electron chi connectivity index (χ3n) is 3.49. The van der Waals surface area contributed by atoms with Gasteiger partial charge in [-0.05, 0) is 26.0 Å². The average molecular weight is 392 g/mol. The molecule has 0 fully saturated rings. The maximum Gasteiger partial charge on any atom is 0.243 e. The Kier molecular flexibility index (Phi) is 5.13. The van der Waals surface area contributed by atoms with Gasteiger partial charge in [0.15, 0.2) is 0 Å². The highest BCUT2D eigenvalue weighted by molar-refractivity contribution is 9.10. The van der Waals surface area contributed by atoms with Gasteiger partial charge in [-0.1, -0.05) is 57.9 Å². The predicted molar refractivity (Wildman–Crippen MR) is 98.0 cm³/mol. The van der Waals surface area contributed by atoms with Crippen molar-refractivity contribution in [3.63, 3.8) is 0 Å². The van der Waals surface area contributed by atoms with E-state index in [1.807, 2.05) is 30.3 Å². The lowest BCUT2D eigenvalue weighted by Crippen LogP contribution is -2.39. The second kappa shape index (κ2) is 6.74. The van der Waals surface area contributed by atoms with Crippen molar-refractivity contribution in [2.45, 2.75) is 18.2 Å². The van der Waals surface area contributed by atoms with Gasteiger partial charge < -0.3 is 4.90 Å². The van der Waals surface area contributed by atoms with E-state index in [0.29, 0.717) is 21.8 Å². The molecule has 0 aromatic heterocycles. The first-order valence-electron chi connectivity index (χ1n) is 7.02. The van der Waals surface area contributed by atoms with Crippen LogP contribution in [0.25, 0.3) is 11.1 Å². The molecular formula is C18H16BrClN2O. The van der Waals surface area contributed by atoms with Gasteiger partial charge in [-0.25, -0.2) is 0 Å². The lowest BCUT2D eigenvalue weighted by molar-refractivity contribution is -0.119. The van der Waals surface area contributed by atoms with Gasteiger partial charge in [-0.2, -0.15) is 5.26 Å². The van der Waals surface area contributed by atoms with Crippen LogP contribution < -0.4 is 4.90 Å².